The van der Waals surface area contributed by atoms with E-state index in [2.05, 4.69) is 29.6 Å². The second-order valence-corrected chi connectivity index (χ2v) is 6.15. The van der Waals surface area contributed by atoms with Crippen molar-refractivity contribution in [2.24, 2.45) is 0 Å². The Hall–Kier alpha value is -2.29. The van der Waals surface area contributed by atoms with E-state index in [1.165, 1.54) is 44.8 Å². The Kier molecular flexibility index (Phi) is 4.96. The summed E-state index contributed by atoms with van der Waals surface area (Å²) in [5.41, 5.74) is 4.04. The van der Waals surface area contributed by atoms with Crippen molar-refractivity contribution in [1.82, 2.24) is 0 Å². The van der Waals surface area contributed by atoms with Gasteiger partial charge < -0.3 is 10.1 Å². The van der Waals surface area contributed by atoms with Gasteiger partial charge in [0.1, 0.15) is 0 Å². The zero-order chi connectivity index (χ0) is 16.1. The number of nitrogens with one attached hydrogen (secondary N) is 1. The molecule has 0 bridgehead atoms. The molecule has 1 saturated carbocycles. The van der Waals surface area contributed by atoms with Crippen LogP contribution in [0.3, 0.4) is 0 Å². The number of hydrogen-bond acceptors (Lipinski definition) is 3. The first-order valence-corrected chi connectivity index (χ1v) is 8.31. The zero-order valence-corrected chi connectivity index (χ0v) is 13.5. The van der Waals surface area contributed by atoms with Crippen LogP contribution in [0.4, 0.5) is 11.4 Å². The van der Waals surface area contributed by atoms with E-state index >= 15 is 0 Å². The molecule has 23 heavy (non-hydrogen) atoms. The van der Waals surface area contributed by atoms with Crippen molar-refractivity contribution in [2.45, 2.75) is 38.0 Å². The Morgan fingerprint density at radius 1 is 0.913 bits per heavy atom. The molecule has 0 atom stereocenters. The van der Waals surface area contributed by atoms with Crippen molar-refractivity contribution >= 4 is 17.3 Å². The lowest BCUT2D eigenvalue weighted by molar-refractivity contribution is 0.0601. The summed E-state index contributed by atoms with van der Waals surface area (Å²) < 4.78 is 4.71. The van der Waals surface area contributed by atoms with E-state index in [9.17, 15) is 4.79 Å². The number of ether oxygens (including phenoxy) is 1. The van der Waals surface area contributed by atoms with Crippen molar-refractivity contribution < 1.29 is 9.53 Å². The van der Waals surface area contributed by atoms with Gasteiger partial charge in [-0.05, 0) is 60.7 Å². The average molecular weight is 309 g/mol. The highest BCUT2D eigenvalue weighted by Gasteiger charge is 2.15. The number of anilines is 2. The van der Waals surface area contributed by atoms with Gasteiger partial charge in [-0.1, -0.05) is 31.4 Å². The van der Waals surface area contributed by atoms with Crippen LogP contribution in [0.1, 0.15) is 53.9 Å². The molecule has 1 aliphatic carbocycles. The van der Waals surface area contributed by atoms with Crippen molar-refractivity contribution in [3.05, 3.63) is 59.7 Å². The molecule has 3 nitrogen and oxygen atoms in total. The van der Waals surface area contributed by atoms with Crippen molar-refractivity contribution in [2.75, 3.05) is 12.4 Å². The molecule has 0 aromatic heterocycles. The fourth-order valence-electron chi connectivity index (χ4n) is 3.25. The van der Waals surface area contributed by atoms with Crippen LogP contribution < -0.4 is 5.32 Å². The minimum Gasteiger partial charge on any atom is -0.465 e. The summed E-state index contributed by atoms with van der Waals surface area (Å²) in [6.45, 7) is 0. The molecule has 0 heterocycles. The maximum atomic E-state index is 11.4. The molecule has 3 heteroatoms. The lowest BCUT2D eigenvalue weighted by Gasteiger charge is -2.22. The molecule has 0 amide bonds. The van der Waals surface area contributed by atoms with E-state index in [0.717, 1.165) is 17.3 Å². The summed E-state index contributed by atoms with van der Waals surface area (Å²) in [4.78, 5) is 11.4. The molecule has 3 rings (SSSR count). The third-order valence-electron chi connectivity index (χ3n) is 4.58. The highest BCUT2D eigenvalue weighted by molar-refractivity contribution is 5.89. The number of esters is 1. The quantitative estimate of drug-likeness (QED) is 0.782. The van der Waals surface area contributed by atoms with E-state index in [4.69, 9.17) is 4.74 Å². The summed E-state index contributed by atoms with van der Waals surface area (Å²) in [6, 6.07) is 16.1. The molecule has 0 unspecified atom stereocenters. The Bertz CT molecular complexity index is 640. The van der Waals surface area contributed by atoms with Crippen LogP contribution in [0.25, 0.3) is 0 Å². The summed E-state index contributed by atoms with van der Waals surface area (Å²) >= 11 is 0. The van der Waals surface area contributed by atoms with E-state index in [0.29, 0.717) is 5.56 Å². The Labute approximate surface area is 137 Å². The normalized spacial score (nSPS) is 15.2. The second-order valence-electron chi connectivity index (χ2n) is 6.15. The lowest BCUT2D eigenvalue weighted by atomic mass is 9.84. The summed E-state index contributed by atoms with van der Waals surface area (Å²) in [7, 11) is 1.39. The number of methoxy groups -OCH3 is 1. The molecule has 2 aromatic carbocycles. The molecule has 120 valence electrons. The molecule has 0 aliphatic heterocycles. The number of benzene rings is 2. The third-order valence-corrected chi connectivity index (χ3v) is 4.58. The highest BCUT2D eigenvalue weighted by atomic mass is 16.5. The number of rotatable bonds is 4. The minimum atomic E-state index is -0.312. The smallest absolute Gasteiger partial charge is 0.337 e. The van der Waals surface area contributed by atoms with Gasteiger partial charge in [0.15, 0.2) is 0 Å². The standard InChI is InChI=1S/C20H23NO2/c1-23-20(22)17-9-13-19(14-10-17)21-18-11-7-16(8-12-18)15-5-3-2-4-6-15/h7-15,21H,2-6H2,1H3. The SMILES string of the molecule is COC(=O)c1ccc(Nc2ccc(C3CCCCC3)cc2)cc1. The van der Waals surface area contributed by atoms with Crippen molar-refractivity contribution in [3.8, 4) is 0 Å². The summed E-state index contributed by atoms with van der Waals surface area (Å²) in [5, 5.41) is 3.37. The van der Waals surface area contributed by atoms with Crippen molar-refractivity contribution in [3.63, 3.8) is 0 Å². The van der Waals surface area contributed by atoms with E-state index in [1.807, 2.05) is 12.1 Å². The second kappa shape index (κ2) is 7.32. The Morgan fingerprint density at radius 3 is 2.04 bits per heavy atom. The minimum absolute atomic E-state index is 0.312. The van der Waals surface area contributed by atoms with E-state index < -0.39 is 0 Å². The largest absolute Gasteiger partial charge is 0.465 e. The van der Waals surface area contributed by atoms with Crippen LogP contribution in [0, 0.1) is 0 Å². The Balaban J connectivity index is 1.64. The lowest BCUT2D eigenvalue weighted by Crippen LogP contribution is -2.04. The predicted molar refractivity (Wildman–Crippen MR) is 93.3 cm³/mol. The van der Waals surface area contributed by atoms with Gasteiger partial charge in [0.2, 0.25) is 0 Å². The summed E-state index contributed by atoms with van der Waals surface area (Å²) in [6.07, 6.45) is 6.75. The summed E-state index contributed by atoms with van der Waals surface area (Å²) in [5.74, 6) is 0.422. The molecule has 0 radical (unpaired) electrons. The van der Waals surface area contributed by atoms with Crippen LogP contribution >= 0.6 is 0 Å². The van der Waals surface area contributed by atoms with Gasteiger partial charge in [-0.3, -0.25) is 0 Å². The molecular formula is C20H23NO2. The molecule has 0 saturated heterocycles. The fraction of sp³-hybridized carbons (Fsp3) is 0.350. The fourth-order valence-corrected chi connectivity index (χ4v) is 3.25. The first-order valence-electron chi connectivity index (χ1n) is 8.31. The first-order chi connectivity index (χ1) is 11.3. The first kappa shape index (κ1) is 15.6. The Morgan fingerprint density at radius 2 is 1.48 bits per heavy atom. The average Bonchev–Trinajstić information content (AvgIpc) is 2.63. The number of carbonyl (C=O) groups is 1. The van der Waals surface area contributed by atoms with Gasteiger partial charge >= 0.3 is 5.97 Å². The topological polar surface area (TPSA) is 38.3 Å². The van der Waals surface area contributed by atoms with Crippen molar-refractivity contribution in [1.29, 1.82) is 0 Å². The molecule has 2 aromatic rings. The van der Waals surface area contributed by atoms with E-state index in [-0.39, 0.29) is 5.97 Å². The van der Waals surface area contributed by atoms with Gasteiger partial charge in [-0.25, -0.2) is 4.79 Å². The molecule has 1 fully saturated rings. The predicted octanol–water partition coefficient (Wildman–Crippen LogP) is 5.26. The van der Waals surface area contributed by atoms with Gasteiger partial charge in [-0.2, -0.15) is 0 Å². The maximum absolute atomic E-state index is 11.4. The van der Waals surface area contributed by atoms with Gasteiger partial charge in [-0.15, -0.1) is 0 Å². The van der Waals surface area contributed by atoms with Gasteiger partial charge in [0.25, 0.3) is 0 Å². The molecular weight excluding hydrogens is 286 g/mol. The number of hydrogen-bond donors (Lipinski definition) is 1. The zero-order valence-electron chi connectivity index (χ0n) is 13.5. The molecule has 1 N–H and O–H groups in total. The maximum Gasteiger partial charge on any atom is 0.337 e. The van der Waals surface area contributed by atoms with Crippen LogP contribution in [0.5, 0.6) is 0 Å². The van der Waals surface area contributed by atoms with Crippen LogP contribution in [0.15, 0.2) is 48.5 Å². The van der Waals surface area contributed by atoms with E-state index in [1.54, 1.807) is 12.1 Å². The molecule has 0 spiro atoms. The highest BCUT2D eigenvalue weighted by Crippen LogP contribution is 2.33. The number of carbonyl (C=O) groups excluding carboxylic acids is 1. The van der Waals surface area contributed by atoms with Gasteiger partial charge in [0.05, 0.1) is 12.7 Å². The van der Waals surface area contributed by atoms with Crippen LogP contribution in [-0.2, 0) is 4.74 Å². The van der Waals surface area contributed by atoms with Crippen LogP contribution in [0.2, 0.25) is 0 Å². The van der Waals surface area contributed by atoms with Gasteiger partial charge in [0, 0.05) is 11.4 Å². The van der Waals surface area contributed by atoms with Crippen LogP contribution in [-0.4, -0.2) is 13.1 Å². The third kappa shape index (κ3) is 3.92. The molecule has 1 aliphatic rings. The monoisotopic (exact) mass is 309 g/mol.